The van der Waals surface area contributed by atoms with E-state index in [1.165, 1.54) is 11.1 Å². The van der Waals surface area contributed by atoms with E-state index in [1.54, 1.807) is 12.4 Å². The minimum atomic E-state index is 0.323. The SMILES string of the molecule is Cc1nn(-c2ccncc2)cc1CNC1COc2ccccc2C1. The smallest absolute Gasteiger partial charge is 0.122 e. The van der Waals surface area contributed by atoms with Gasteiger partial charge in [0.05, 0.1) is 11.4 Å². The number of aromatic nitrogens is 3. The van der Waals surface area contributed by atoms with Gasteiger partial charge >= 0.3 is 0 Å². The summed E-state index contributed by atoms with van der Waals surface area (Å²) in [6, 6.07) is 12.5. The van der Waals surface area contributed by atoms with E-state index in [1.807, 2.05) is 35.9 Å². The van der Waals surface area contributed by atoms with E-state index in [4.69, 9.17) is 4.74 Å². The first-order chi connectivity index (χ1) is 11.8. The summed E-state index contributed by atoms with van der Waals surface area (Å²) in [5, 5.41) is 8.19. The molecule has 1 atom stereocenters. The van der Waals surface area contributed by atoms with Gasteiger partial charge in [-0.05, 0) is 37.1 Å². The van der Waals surface area contributed by atoms with Crippen LogP contribution in [0.4, 0.5) is 0 Å². The zero-order chi connectivity index (χ0) is 16.4. The topological polar surface area (TPSA) is 52.0 Å². The molecule has 1 N–H and O–H groups in total. The van der Waals surface area contributed by atoms with Crippen molar-refractivity contribution in [1.82, 2.24) is 20.1 Å². The molecule has 5 nitrogen and oxygen atoms in total. The maximum atomic E-state index is 5.84. The number of pyridine rings is 1. The van der Waals surface area contributed by atoms with Gasteiger partial charge in [-0.3, -0.25) is 4.98 Å². The van der Waals surface area contributed by atoms with Crippen LogP contribution in [0.3, 0.4) is 0 Å². The number of benzene rings is 1. The summed E-state index contributed by atoms with van der Waals surface area (Å²) in [6.07, 6.45) is 6.63. The van der Waals surface area contributed by atoms with Crippen molar-refractivity contribution in [2.24, 2.45) is 0 Å². The molecule has 0 saturated heterocycles. The van der Waals surface area contributed by atoms with E-state index >= 15 is 0 Å². The highest BCUT2D eigenvalue weighted by Crippen LogP contribution is 2.24. The number of hydrogen-bond donors (Lipinski definition) is 1. The molecular weight excluding hydrogens is 300 g/mol. The Labute approximate surface area is 141 Å². The lowest BCUT2D eigenvalue weighted by molar-refractivity contribution is 0.238. The highest BCUT2D eigenvalue weighted by atomic mass is 16.5. The van der Waals surface area contributed by atoms with Gasteiger partial charge in [-0.1, -0.05) is 18.2 Å². The van der Waals surface area contributed by atoms with Crippen molar-refractivity contribution in [1.29, 1.82) is 0 Å². The van der Waals surface area contributed by atoms with Gasteiger partial charge in [-0.2, -0.15) is 5.10 Å². The molecule has 0 saturated carbocycles. The summed E-state index contributed by atoms with van der Waals surface area (Å²) in [4.78, 5) is 4.05. The minimum absolute atomic E-state index is 0.323. The van der Waals surface area contributed by atoms with Gasteiger partial charge in [0.15, 0.2) is 0 Å². The second kappa shape index (κ2) is 6.45. The van der Waals surface area contributed by atoms with Crippen LogP contribution in [0.1, 0.15) is 16.8 Å². The fraction of sp³-hybridized carbons (Fsp3) is 0.263. The standard InChI is InChI=1S/C19H20N4O/c1-14-16(12-23(22-14)18-6-8-20-9-7-18)11-21-17-10-15-4-2-3-5-19(15)24-13-17/h2-9,12,17,21H,10-11,13H2,1H3. The van der Waals surface area contributed by atoms with Crippen LogP contribution < -0.4 is 10.1 Å². The van der Waals surface area contributed by atoms with E-state index in [0.717, 1.165) is 30.1 Å². The summed E-state index contributed by atoms with van der Waals surface area (Å²) in [5.74, 6) is 1.01. The highest BCUT2D eigenvalue weighted by molar-refractivity contribution is 5.36. The first-order valence-electron chi connectivity index (χ1n) is 8.19. The van der Waals surface area contributed by atoms with Gasteiger partial charge in [0.25, 0.3) is 0 Å². The molecule has 1 unspecified atom stereocenters. The summed E-state index contributed by atoms with van der Waals surface area (Å²) < 4.78 is 7.74. The van der Waals surface area contributed by atoms with Gasteiger partial charge in [-0.15, -0.1) is 0 Å². The van der Waals surface area contributed by atoms with Crippen molar-refractivity contribution in [3.8, 4) is 11.4 Å². The number of rotatable bonds is 4. The lowest BCUT2D eigenvalue weighted by atomic mass is 10.0. The maximum absolute atomic E-state index is 5.84. The van der Waals surface area contributed by atoms with Crippen LogP contribution >= 0.6 is 0 Å². The molecule has 24 heavy (non-hydrogen) atoms. The van der Waals surface area contributed by atoms with Crippen LogP contribution in [0.15, 0.2) is 55.0 Å². The van der Waals surface area contributed by atoms with Crippen molar-refractivity contribution >= 4 is 0 Å². The Morgan fingerprint density at radius 3 is 2.92 bits per heavy atom. The Bertz CT molecular complexity index is 828. The largest absolute Gasteiger partial charge is 0.492 e. The van der Waals surface area contributed by atoms with Crippen molar-refractivity contribution in [3.05, 3.63) is 71.8 Å². The minimum Gasteiger partial charge on any atom is -0.492 e. The molecule has 0 amide bonds. The first-order valence-corrected chi connectivity index (χ1v) is 8.19. The number of ether oxygens (including phenoxy) is 1. The third-order valence-electron chi connectivity index (χ3n) is 4.39. The number of fused-ring (bicyclic) bond motifs is 1. The molecular formula is C19H20N4O. The van der Waals surface area contributed by atoms with E-state index in [9.17, 15) is 0 Å². The molecule has 1 aliphatic heterocycles. The number of para-hydroxylation sites is 1. The predicted molar refractivity (Wildman–Crippen MR) is 92.4 cm³/mol. The number of nitrogens with one attached hydrogen (secondary N) is 1. The van der Waals surface area contributed by atoms with Crippen molar-refractivity contribution < 1.29 is 4.74 Å². The monoisotopic (exact) mass is 320 g/mol. The lowest BCUT2D eigenvalue weighted by Crippen LogP contribution is -2.38. The Kier molecular flexibility index (Phi) is 4.01. The van der Waals surface area contributed by atoms with E-state index < -0.39 is 0 Å². The predicted octanol–water partition coefficient (Wildman–Crippen LogP) is 2.67. The number of hydrogen-bond acceptors (Lipinski definition) is 4. The molecule has 3 aromatic rings. The Morgan fingerprint density at radius 2 is 2.04 bits per heavy atom. The molecule has 0 fully saturated rings. The normalized spacial score (nSPS) is 16.5. The van der Waals surface area contributed by atoms with Gasteiger partial charge in [0.1, 0.15) is 12.4 Å². The molecule has 2 aromatic heterocycles. The molecule has 0 spiro atoms. The third kappa shape index (κ3) is 3.03. The average molecular weight is 320 g/mol. The summed E-state index contributed by atoms with van der Waals surface area (Å²) in [7, 11) is 0. The molecule has 0 radical (unpaired) electrons. The molecule has 3 heterocycles. The zero-order valence-corrected chi connectivity index (χ0v) is 13.6. The zero-order valence-electron chi connectivity index (χ0n) is 13.6. The fourth-order valence-corrected chi connectivity index (χ4v) is 3.01. The summed E-state index contributed by atoms with van der Waals surface area (Å²) in [5.41, 5.74) is 4.53. The lowest BCUT2D eigenvalue weighted by Gasteiger charge is -2.26. The van der Waals surface area contributed by atoms with Gasteiger partial charge < -0.3 is 10.1 Å². The maximum Gasteiger partial charge on any atom is 0.122 e. The van der Waals surface area contributed by atoms with Crippen LogP contribution in [0.2, 0.25) is 0 Å². The second-order valence-electron chi connectivity index (χ2n) is 6.09. The number of nitrogens with zero attached hydrogens (tertiary/aromatic N) is 3. The molecule has 0 bridgehead atoms. The van der Waals surface area contributed by atoms with E-state index in [2.05, 4.69) is 33.7 Å². The van der Waals surface area contributed by atoms with Crippen molar-refractivity contribution in [2.45, 2.75) is 25.9 Å². The molecule has 0 aliphatic carbocycles. The first kappa shape index (κ1) is 14.9. The van der Waals surface area contributed by atoms with Gasteiger partial charge in [0, 0.05) is 36.7 Å². The Balaban J connectivity index is 1.43. The molecule has 122 valence electrons. The van der Waals surface area contributed by atoms with Crippen molar-refractivity contribution in [3.63, 3.8) is 0 Å². The van der Waals surface area contributed by atoms with E-state index in [0.29, 0.717) is 12.6 Å². The van der Waals surface area contributed by atoms with Crippen LogP contribution in [0.5, 0.6) is 5.75 Å². The fourth-order valence-electron chi connectivity index (χ4n) is 3.01. The molecule has 1 aliphatic rings. The summed E-state index contributed by atoms with van der Waals surface area (Å²) >= 11 is 0. The summed E-state index contributed by atoms with van der Waals surface area (Å²) in [6.45, 7) is 3.53. The quantitative estimate of drug-likeness (QED) is 0.803. The third-order valence-corrected chi connectivity index (χ3v) is 4.39. The second-order valence-corrected chi connectivity index (χ2v) is 6.09. The van der Waals surface area contributed by atoms with Crippen LogP contribution in [-0.4, -0.2) is 27.4 Å². The molecule has 1 aromatic carbocycles. The van der Waals surface area contributed by atoms with Gasteiger partial charge in [-0.25, -0.2) is 4.68 Å². The average Bonchev–Trinajstić information content (AvgIpc) is 3.01. The van der Waals surface area contributed by atoms with Crippen LogP contribution in [-0.2, 0) is 13.0 Å². The van der Waals surface area contributed by atoms with E-state index in [-0.39, 0.29) is 0 Å². The van der Waals surface area contributed by atoms with Gasteiger partial charge in [0.2, 0.25) is 0 Å². The molecule has 4 rings (SSSR count). The Hall–Kier alpha value is -2.66. The van der Waals surface area contributed by atoms with Crippen molar-refractivity contribution in [2.75, 3.05) is 6.61 Å². The van der Waals surface area contributed by atoms with Crippen LogP contribution in [0, 0.1) is 6.92 Å². The number of aryl methyl sites for hydroxylation is 1. The highest BCUT2D eigenvalue weighted by Gasteiger charge is 2.19. The molecule has 5 heteroatoms. The Morgan fingerprint density at radius 1 is 1.21 bits per heavy atom. The van der Waals surface area contributed by atoms with Crippen LogP contribution in [0.25, 0.3) is 5.69 Å².